The van der Waals surface area contributed by atoms with Crippen LogP contribution in [0.5, 0.6) is 11.5 Å². The first kappa shape index (κ1) is 13.4. The average molecular weight is 263 g/mol. The zero-order valence-corrected chi connectivity index (χ0v) is 11.0. The van der Waals surface area contributed by atoms with Crippen LogP contribution in [0.3, 0.4) is 0 Å². The Morgan fingerprint density at radius 3 is 2.47 bits per heavy atom. The van der Waals surface area contributed by atoms with Crippen LogP contribution in [0.2, 0.25) is 0 Å². The second-order valence-corrected chi connectivity index (χ2v) is 4.03. The smallest absolute Gasteiger partial charge is 0.119 e. The van der Waals surface area contributed by atoms with Crippen LogP contribution in [-0.4, -0.2) is 33.8 Å². The van der Waals surface area contributed by atoms with Crippen molar-refractivity contribution >= 4 is 0 Å². The van der Waals surface area contributed by atoms with Gasteiger partial charge in [0.15, 0.2) is 0 Å². The summed E-state index contributed by atoms with van der Waals surface area (Å²) in [5.74, 6) is 1.58. The molecule has 2 aromatic rings. The average Bonchev–Trinajstić information content (AvgIpc) is 2.80. The van der Waals surface area contributed by atoms with E-state index >= 15 is 0 Å². The lowest BCUT2D eigenvalue weighted by molar-refractivity contribution is 0.275. The molecule has 0 aliphatic rings. The van der Waals surface area contributed by atoms with Crippen LogP contribution in [0, 0.1) is 6.92 Å². The van der Waals surface area contributed by atoms with E-state index in [0.717, 1.165) is 17.2 Å². The van der Waals surface area contributed by atoms with Gasteiger partial charge in [0.05, 0.1) is 26.0 Å². The van der Waals surface area contributed by atoms with Crippen LogP contribution in [0.4, 0.5) is 0 Å². The molecule has 1 aromatic heterocycles. The molecule has 0 atom stereocenters. The summed E-state index contributed by atoms with van der Waals surface area (Å²) in [6, 6.07) is 7.40. The number of aliphatic hydroxyl groups is 1. The molecular weight excluding hydrogens is 246 g/mol. The number of methoxy groups -OCH3 is 1. The molecule has 0 amide bonds. The molecule has 1 N–H and O–H groups in total. The van der Waals surface area contributed by atoms with Crippen molar-refractivity contribution in [2.24, 2.45) is 0 Å². The van der Waals surface area contributed by atoms with Crippen molar-refractivity contribution in [3.63, 3.8) is 0 Å². The Hall–Kier alpha value is -2.08. The lowest BCUT2D eigenvalue weighted by atomic mass is 10.3. The van der Waals surface area contributed by atoms with E-state index in [0.29, 0.717) is 18.8 Å². The van der Waals surface area contributed by atoms with Crippen LogP contribution in [0.1, 0.15) is 11.4 Å². The maximum Gasteiger partial charge on any atom is 0.119 e. The number of ether oxygens (including phenoxy) is 2. The summed E-state index contributed by atoms with van der Waals surface area (Å²) in [7, 11) is 1.63. The molecule has 0 spiro atoms. The van der Waals surface area contributed by atoms with Crippen molar-refractivity contribution in [3.05, 3.63) is 35.7 Å². The molecule has 0 saturated heterocycles. The zero-order chi connectivity index (χ0) is 13.7. The molecule has 0 bridgehead atoms. The first-order valence-electron chi connectivity index (χ1n) is 6.01. The van der Waals surface area contributed by atoms with E-state index < -0.39 is 0 Å². The molecular formula is C13H17N3O3. The van der Waals surface area contributed by atoms with Gasteiger partial charge >= 0.3 is 0 Å². The number of rotatable bonds is 6. The third kappa shape index (κ3) is 3.23. The molecule has 0 radical (unpaired) electrons. The summed E-state index contributed by atoms with van der Waals surface area (Å²) >= 11 is 0. The van der Waals surface area contributed by atoms with Gasteiger partial charge in [0.1, 0.15) is 23.8 Å². The van der Waals surface area contributed by atoms with Crippen molar-refractivity contribution in [2.75, 3.05) is 13.7 Å². The SMILES string of the molecule is COc1ccc(OCCn2nnc(CO)c2C)cc1. The molecule has 19 heavy (non-hydrogen) atoms. The lowest BCUT2D eigenvalue weighted by Gasteiger charge is -2.07. The van der Waals surface area contributed by atoms with Gasteiger partial charge in [-0.3, -0.25) is 0 Å². The van der Waals surface area contributed by atoms with Crippen molar-refractivity contribution < 1.29 is 14.6 Å². The number of benzene rings is 1. The van der Waals surface area contributed by atoms with Gasteiger partial charge in [0.25, 0.3) is 0 Å². The summed E-state index contributed by atoms with van der Waals surface area (Å²) in [4.78, 5) is 0. The van der Waals surface area contributed by atoms with Gasteiger partial charge in [0.2, 0.25) is 0 Å². The van der Waals surface area contributed by atoms with E-state index in [1.807, 2.05) is 31.2 Å². The van der Waals surface area contributed by atoms with E-state index in [9.17, 15) is 0 Å². The molecule has 6 heteroatoms. The fourth-order valence-electron chi connectivity index (χ4n) is 1.68. The molecule has 0 unspecified atom stereocenters. The predicted octanol–water partition coefficient (Wildman–Crippen LogP) is 1.17. The third-order valence-corrected chi connectivity index (χ3v) is 2.86. The summed E-state index contributed by atoms with van der Waals surface area (Å²) in [6.45, 7) is 2.86. The molecule has 1 heterocycles. The molecule has 0 saturated carbocycles. The van der Waals surface area contributed by atoms with Gasteiger partial charge in [0, 0.05) is 0 Å². The highest BCUT2D eigenvalue weighted by Gasteiger charge is 2.06. The van der Waals surface area contributed by atoms with Gasteiger partial charge in [-0.1, -0.05) is 5.21 Å². The van der Waals surface area contributed by atoms with E-state index in [1.165, 1.54) is 0 Å². The lowest BCUT2D eigenvalue weighted by Crippen LogP contribution is -2.11. The minimum atomic E-state index is -0.0921. The minimum absolute atomic E-state index is 0.0921. The number of nitrogens with zero attached hydrogens (tertiary/aromatic N) is 3. The van der Waals surface area contributed by atoms with Gasteiger partial charge < -0.3 is 14.6 Å². The maximum atomic E-state index is 9.03. The van der Waals surface area contributed by atoms with Crippen LogP contribution < -0.4 is 9.47 Å². The Morgan fingerprint density at radius 1 is 1.21 bits per heavy atom. The van der Waals surface area contributed by atoms with Crippen molar-refractivity contribution in [3.8, 4) is 11.5 Å². The number of hydrogen-bond acceptors (Lipinski definition) is 5. The van der Waals surface area contributed by atoms with Crippen LogP contribution in [0.25, 0.3) is 0 Å². The van der Waals surface area contributed by atoms with E-state index in [2.05, 4.69) is 10.3 Å². The van der Waals surface area contributed by atoms with Crippen LogP contribution in [-0.2, 0) is 13.2 Å². The fourth-order valence-corrected chi connectivity index (χ4v) is 1.68. The molecule has 0 aliphatic heterocycles. The van der Waals surface area contributed by atoms with E-state index in [1.54, 1.807) is 11.8 Å². The molecule has 0 aliphatic carbocycles. The largest absolute Gasteiger partial charge is 0.497 e. The van der Waals surface area contributed by atoms with Gasteiger partial charge in [-0.05, 0) is 31.2 Å². The van der Waals surface area contributed by atoms with Crippen molar-refractivity contribution in [1.29, 1.82) is 0 Å². The van der Waals surface area contributed by atoms with Crippen LogP contribution in [0.15, 0.2) is 24.3 Å². The first-order valence-corrected chi connectivity index (χ1v) is 6.01. The summed E-state index contributed by atoms with van der Waals surface area (Å²) in [5, 5.41) is 16.9. The van der Waals surface area contributed by atoms with Crippen molar-refractivity contribution in [2.45, 2.75) is 20.1 Å². The Kier molecular flexibility index (Phi) is 4.35. The second-order valence-electron chi connectivity index (χ2n) is 4.03. The van der Waals surface area contributed by atoms with Gasteiger partial charge in [-0.15, -0.1) is 5.10 Å². The molecule has 6 nitrogen and oxygen atoms in total. The van der Waals surface area contributed by atoms with Gasteiger partial charge in [-0.25, -0.2) is 4.68 Å². The summed E-state index contributed by atoms with van der Waals surface area (Å²) in [6.07, 6.45) is 0. The predicted molar refractivity (Wildman–Crippen MR) is 69.2 cm³/mol. The van der Waals surface area contributed by atoms with E-state index in [-0.39, 0.29) is 6.61 Å². The van der Waals surface area contributed by atoms with E-state index in [4.69, 9.17) is 14.6 Å². The molecule has 2 rings (SSSR count). The third-order valence-electron chi connectivity index (χ3n) is 2.86. The fraction of sp³-hybridized carbons (Fsp3) is 0.385. The van der Waals surface area contributed by atoms with Crippen molar-refractivity contribution in [1.82, 2.24) is 15.0 Å². The Balaban J connectivity index is 1.87. The zero-order valence-electron chi connectivity index (χ0n) is 11.0. The quantitative estimate of drug-likeness (QED) is 0.847. The first-order chi connectivity index (χ1) is 9.24. The van der Waals surface area contributed by atoms with Gasteiger partial charge in [-0.2, -0.15) is 0 Å². The monoisotopic (exact) mass is 263 g/mol. The molecule has 102 valence electrons. The number of hydrogen-bond donors (Lipinski definition) is 1. The minimum Gasteiger partial charge on any atom is -0.497 e. The molecule has 1 aromatic carbocycles. The number of aromatic nitrogens is 3. The van der Waals surface area contributed by atoms with Crippen LogP contribution >= 0.6 is 0 Å². The normalized spacial score (nSPS) is 10.5. The Bertz CT molecular complexity index is 522. The second kappa shape index (κ2) is 6.19. The Labute approximate surface area is 111 Å². The summed E-state index contributed by atoms with van der Waals surface area (Å²) in [5.41, 5.74) is 1.46. The Morgan fingerprint density at radius 2 is 1.89 bits per heavy atom. The topological polar surface area (TPSA) is 69.4 Å². The summed E-state index contributed by atoms with van der Waals surface area (Å²) < 4.78 is 12.4. The standard InChI is InChI=1S/C13H17N3O3/c1-10-13(9-17)14-15-16(10)7-8-19-12-5-3-11(18-2)4-6-12/h3-6,17H,7-9H2,1-2H3. The highest BCUT2D eigenvalue weighted by molar-refractivity contribution is 5.31. The highest BCUT2D eigenvalue weighted by Crippen LogP contribution is 2.17. The molecule has 0 fully saturated rings. The highest BCUT2D eigenvalue weighted by atomic mass is 16.5. The maximum absolute atomic E-state index is 9.03. The number of aliphatic hydroxyl groups excluding tert-OH is 1.